The van der Waals surface area contributed by atoms with Crippen LogP contribution >= 0.6 is 11.3 Å². The summed E-state index contributed by atoms with van der Waals surface area (Å²) in [5, 5.41) is 0.914. The second-order valence-corrected chi connectivity index (χ2v) is 7.44. The van der Waals surface area contributed by atoms with Crippen molar-refractivity contribution in [1.82, 2.24) is 4.98 Å². The quantitative estimate of drug-likeness (QED) is 0.338. The largest absolute Gasteiger partial charge is 0.457 e. The molecule has 28 heavy (non-hydrogen) atoms. The smallest absolute Gasteiger partial charge is 0.127 e. The van der Waals surface area contributed by atoms with Gasteiger partial charge in [-0.25, -0.2) is 9.98 Å². The maximum absolute atomic E-state index is 5.83. The van der Waals surface area contributed by atoms with E-state index in [0.717, 1.165) is 38.6 Å². The molecule has 5 rings (SSSR count). The van der Waals surface area contributed by atoms with Gasteiger partial charge in [0.05, 0.1) is 31.8 Å². The molecule has 0 aromatic heterocycles. The highest BCUT2D eigenvalue weighted by molar-refractivity contribution is 7.21. The van der Waals surface area contributed by atoms with E-state index in [2.05, 4.69) is 12.1 Å². The zero-order valence-corrected chi connectivity index (χ0v) is 15.8. The van der Waals surface area contributed by atoms with Gasteiger partial charge in [0.2, 0.25) is 0 Å². The lowest BCUT2D eigenvalue weighted by Crippen LogP contribution is -2.01. The summed E-state index contributed by atoms with van der Waals surface area (Å²) in [4.78, 5) is 10.6. The van der Waals surface area contributed by atoms with Crippen LogP contribution in [0.25, 0.3) is 20.8 Å². The highest BCUT2D eigenvalue weighted by Crippen LogP contribution is 2.29. The van der Waals surface area contributed by atoms with Crippen molar-refractivity contribution in [2.75, 3.05) is 0 Å². The Morgan fingerprint density at radius 1 is 0.714 bits per heavy atom. The number of para-hydroxylation sites is 2. The molecule has 0 spiro atoms. The molecular formula is C24H16N2OS. The lowest BCUT2D eigenvalue weighted by atomic mass is 10.2. The highest BCUT2D eigenvalue weighted by atomic mass is 32.1. The van der Waals surface area contributed by atoms with Crippen LogP contribution in [0.4, 0.5) is 5.69 Å². The Morgan fingerprint density at radius 2 is 1.46 bits per heavy atom. The molecule has 1 aliphatic carbocycles. The first-order chi connectivity index (χ1) is 13.8. The van der Waals surface area contributed by atoms with Crippen LogP contribution in [0.15, 0.2) is 102 Å². The molecule has 2 aliphatic rings. The molecule has 3 aromatic carbocycles. The minimum atomic E-state index is 0.793. The van der Waals surface area contributed by atoms with Gasteiger partial charge in [-0.1, -0.05) is 30.3 Å². The maximum atomic E-state index is 5.83. The van der Waals surface area contributed by atoms with Crippen LogP contribution in [0.5, 0.6) is 11.5 Å². The number of benzene rings is 4. The van der Waals surface area contributed by atoms with Gasteiger partial charge in [0, 0.05) is 0 Å². The van der Waals surface area contributed by atoms with Crippen LogP contribution in [0, 0.1) is 0 Å². The molecule has 1 aliphatic heterocycles. The Bertz CT molecular complexity index is 1280. The lowest BCUT2D eigenvalue weighted by molar-refractivity contribution is 0.483. The van der Waals surface area contributed by atoms with E-state index in [9.17, 15) is 0 Å². The molecular weight excluding hydrogens is 364 g/mol. The zero-order valence-electron chi connectivity index (χ0n) is 14.9. The van der Waals surface area contributed by atoms with Crippen LogP contribution in [-0.4, -0.2) is 4.98 Å². The van der Waals surface area contributed by atoms with Crippen LogP contribution in [0.3, 0.4) is 0 Å². The third kappa shape index (κ3) is 3.50. The number of aromatic nitrogens is 1. The van der Waals surface area contributed by atoms with E-state index in [0.29, 0.717) is 0 Å². The van der Waals surface area contributed by atoms with Gasteiger partial charge in [0.15, 0.2) is 0 Å². The lowest BCUT2D eigenvalue weighted by Gasteiger charge is -2.06. The molecule has 0 radical (unpaired) electrons. The number of hydrogen-bond acceptors (Lipinski definition) is 4. The fourth-order valence-corrected chi connectivity index (χ4v) is 3.99. The molecule has 0 saturated heterocycles. The van der Waals surface area contributed by atoms with Gasteiger partial charge in [-0.15, -0.1) is 11.3 Å². The minimum absolute atomic E-state index is 0.793. The standard InChI is InChI=1S/C24H16N2OS/c1-2-6-19(7-3-1)27-20-13-10-17(11-14-20)25-18-12-15-22-24(16-18)28-23-9-5-4-8-21(23)26-22/h1-16H. The molecule has 0 N–H and O–H groups in total. The van der Waals surface area contributed by atoms with Gasteiger partial charge in [-0.2, -0.15) is 0 Å². The van der Waals surface area contributed by atoms with Gasteiger partial charge in [-0.3, -0.25) is 0 Å². The summed E-state index contributed by atoms with van der Waals surface area (Å²) in [6, 6.07) is 31.9. The molecule has 134 valence electrons. The summed E-state index contributed by atoms with van der Waals surface area (Å²) in [6.45, 7) is 0. The van der Waals surface area contributed by atoms with Crippen LogP contribution in [0.2, 0.25) is 0 Å². The second-order valence-electron chi connectivity index (χ2n) is 6.35. The highest BCUT2D eigenvalue weighted by Gasteiger charge is 2.06. The summed E-state index contributed by atoms with van der Waals surface area (Å²) in [7, 11) is 0. The van der Waals surface area contributed by atoms with E-state index in [1.54, 1.807) is 11.3 Å². The first-order valence-electron chi connectivity index (χ1n) is 9.01. The van der Waals surface area contributed by atoms with Gasteiger partial charge in [0.25, 0.3) is 0 Å². The van der Waals surface area contributed by atoms with Crippen molar-refractivity contribution in [2.24, 2.45) is 4.99 Å². The number of nitrogens with zero attached hydrogens (tertiary/aromatic N) is 2. The van der Waals surface area contributed by atoms with Gasteiger partial charge >= 0.3 is 0 Å². The van der Waals surface area contributed by atoms with Crippen LogP contribution in [0.1, 0.15) is 0 Å². The van der Waals surface area contributed by atoms with Crippen molar-refractivity contribution in [3.63, 3.8) is 0 Å². The normalized spacial score (nSPS) is 11.8. The fraction of sp³-hybridized carbons (Fsp3) is 0. The van der Waals surface area contributed by atoms with Gasteiger partial charge in [-0.05, 0) is 66.7 Å². The molecule has 0 fully saturated rings. The Kier molecular flexibility index (Phi) is 4.31. The molecule has 0 amide bonds. The Labute approximate surface area is 166 Å². The monoisotopic (exact) mass is 380 g/mol. The first kappa shape index (κ1) is 16.7. The third-order valence-electron chi connectivity index (χ3n) is 4.34. The zero-order chi connectivity index (χ0) is 18.8. The molecule has 0 bridgehead atoms. The fourth-order valence-electron chi connectivity index (χ4n) is 2.99. The van der Waals surface area contributed by atoms with Crippen molar-refractivity contribution in [1.29, 1.82) is 0 Å². The van der Waals surface area contributed by atoms with E-state index in [4.69, 9.17) is 14.7 Å². The molecule has 3 nitrogen and oxygen atoms in total. The van der Waals surface area contributed by atoms with Gasteiger partial charge < -0.3 is 4.74 Å². The number of rotatable bonds is 3. The Hall–Kier alpha value is -3.50. The summed E-state index contributed by atoms with van der Waals surface area (Å²) < 4.78 is 7.01. The van der Waals surface area contributed by atoms with E-state index >= 15 is 0 Å². The average molecular weight is 380 g/mol. The van der Waals surface area contributed by atoms with Crippen molar-refractivity contribution < 1.29 is 4.74 Å². The van der Waals surface area contributed by atoms with Crippen molar-refractivity contribution >= 4 is 27.2 Å². The van der Waals surface area contributed by atoms with E-state index in [1.165, 1.54) is 4.70 Å². The summed E-state index contributed by atoms with van der Waals surface area (Å²) >= 11 is 1.74. The molecule has 1 heterocycles. The number of fused-ring (bicyclic) bond motifs is 2. The average Bonchev–Trinajstić information content (AvgIpc) is 2.74. The van der Waals surface area contributed by atoms with E-state index < -0.39 is 0 Å². The minimum Gasteiger partial charge on any atom is -0.457 e. The first-order valence-corrected chi connectivity index (χ1v) is 9.82. The molecule has 3 aromatic rings. The summed E-state index contributed by atoms with van der Waals surface area (Å²) in [5.41, 5.74) is 2.91. The number of ether oxygens (including phenoxy) is 1. The second kappa shape index (κ2) is 7.25. The van der Waals surface area contributed by atoms with Gasteiger partial charge in [0.1, 0.15) is 11.5 Å². The Balaban J connectivity index is 1.46. The van der Waals surface area contributed by atoms with Crippen molar-refractivity contribution in [3.05, 3.63) is 102 Å². The van der Waals surface area contributed by atoms with E-state index in [1.807, 2.05) is 84.9 Å². The molecule has 0 saturated carbocycles. The maximum Gasteiger partial charge on any atom is 0.127 e. The SMILES string of the molecule is c1ccc(Oc2ccc(N=c3ccc4nc5ccccc5sc-4c3)cc2)cc1. The van der Waals surface area contributed by atoms with Crippen molar-refractivity contribution in [3.8, 4) is 22.1 Å². The van der Waals surface area contributed by atoms with E-state index in [-0.39, 0.29) is 0 Å². The molecule has 4 heteroatoms. The summed E-state index contributed by atoms with van der Waals surface area (Å²) in [6.07, 6.45) is 0. The Morgan fingerprint density at radius 3 is 2.32 bits per heavy atom. The number of hydrogen-bond donors (Lipinski definition) is 0. The molecule has 0 atom stereocenters. The predicted molar refractivity (Wildman–Crippen MR) is 114 cm³/mol. The van der Waals surface area contributed by atoms with Crippen LogP contribution < -0.4 is 10.1 Å². The topological polar surface area (TPSA) is 34.5 Å². The van der Waals surface area contributed by atoms with Crippen LogP contribution in [-0.2, 0) is 0 Å². The third-order valence-corrected chi connectivity index (χ3v) is 5.46. The van der Waals surface area contributed by atoms with Crippen molar-refractivity contribution in [2.45, 2.75) is 0 Å². The predicted octanol–water partition coefficient (Wildman–Crippen LogP) is 6.43. The summed E-state index contributed by atoms with van der Waals surface area (Å²) in [5.74, 6) is 1.62. The molecule has 0 unspecified atom stereocenters.